The van der Waals surface area contributed by atoms with Crippen LogP contribution in [0.2, 0.25) is 0 Å². The van der Waals surface area contributed by atoms with Gasteiger partial charge in [0.05, 0.1) is 18.1 Å². The second-order valence-electron chi connectivity index (χ2n) is 8.88. The normalized spacial score (nSPS) is 14.4. The van der Waals surface area contributed by atoms with Gasteiger partial charge in [-0.1, -0.05) is 38.1 Å². The van der Waals surface area contributed by atoms with E-state index in [9.17, 15) is 14.4 Å². The van der Waals surface area contributed by atoms with E-state index in [0.717, 1.165) is 28.6 Å². The molecule has 0 bridgehead atoms. The molecular formula is C29H29NO6S2. The standard InChI is InChI=1S/C29H29NO6S2/c1-5-34-24-16-20(9-11-22(24)36-28(32)25-7-6-14-37-25)17-26-27(31)30(29(33)38-26)12-13-35-23-15-19(4)8-10-21(23)18(2)3/h6-11,14-18H,5,12-13H2,1-4H3/b26-17-. The molecule has 1 aromatic heterocycles. The topological polar surface area (TPSA) is 82.1 Å². The van der Waals surface area contributed by atoms with Gasteiger partial charge < -0.3 is 14.2 Å². The Labute approximate surface area is 230 Å². The number of amides is 2. The number of carbonyl (C=O) groups is 3. The van der Waals surface area contributed by atoms with Crippen LogP contribution < -0.4 is 14.2 Å². The Hall–Kier alpha value is -3.56. The zero-order valence-electron chi connectivity index (χ0n) is 21.7. The number of esters is 1. The molecule has 0 atom stereocenters. The minimum Gasteiger partial charge on any atom is -0.491 e. The van der Waals surface area contributed by atoms with Crippen LogP contribution >= 0.6 is 23.1 Å². The van der Waals surface area contributed by atoms with Crippen LogP contribution in [0, 0.1) is 6.92 Å². The largest absolute Gasteiger partial charge is 0.491 e. The lowest BCUT2D eigenvalue weighted by Gasteiger charge is -2.17. The van der Waals surface area contributed by atoms with Gasteiger partial charge in [0.15, 0.2) is 11.5 Å². The summed E-state index contributed by atoms with van der Waals surface area (Å²) in [7, 11) is 0. The van der Waals surface area contributed by atoms with Crippen molar-refractivity contribution in [2.75, 3.05) is 19.8 Å². The number of aryl methyl sites for hydroxylation is 1. The van der Waals surface area contributed by atoms with Crippen molar-refractivity contribution in [2.45, 2.75) is 33.6 Å². The fourth-order valence-corrected chi connectivity index (χ4v) is 5.31. The first-order valence-corrected chi connectivity index (χ1v) is 14.0. The number of rotatable bonds is 10. The number of ether oxygens (including phenoxy) is 3. The number of benzene rings is 2. The van der Waals surface area contributed by atoms with E-state index in [1.54, 1.807) is 41.8 Å². The number of carbonyl (C=O) groups excluding carboxylic acids is 3. The second kappa shape index (κ2) is 12.3. The molecule has 1 fully saturated rings. The molecule has 1 saturated heterocycles. The molecule has 38 heavy (non-hydrogen) atoms. The Balaban J connectivity index is 1.44. The summed E-state index contributed by atoms with van der Waals surface area (Å²) in [6.45, 7) is 8.72. The molecule has 2 aromatic carbocycles. The maximum atomic E-state index is 13.0. The van der Waals surface area contributed by atoms with Gasteiger partial charge in [0.1, 0.15) is 17.2 Å². The lowest BCUT2D eigenvalue weighted by atomic mass is 10.0. The predicted molar refractivity (Wildman–Crippen MR) is 150 cm³/mol. The smallest absolute Gasteiger partial charge is 0.353 e. The minimum atomic E-state index is -0.469. The molecule has 2 heterocycles. The molecule has 1 aliphatic heterocycles. The highest BCUT2D eigenvalue weighted by Gasteiger charge is 2.35. The zero-order chi connectivity index (χ0) is 27.2. The van der Waals surface area contributed by atoms with E-state index in [1.807, 2.05) is 32.0 Å². The SMILES string of the molecule is CCOc1cc(/C=C2\SC(=O)N(CCOc3cc(C)ccc3C(C)C)C2=O)ccc1OC(=O)c1cccs1. The lowest BCUT2D eigenvalue weighted by molar-refractivity contribution is -0.123. The summed E-state index contributed by atoms with van der Waals surface area (Å²) in [5.74, 6) is 0.873. The second-order valence-corrected chi connectivity index (χ2v) is 10.8. The fraction of sp³-hybridized carbons (Fsp3) is 0.276. The van der Waals surface area contributed by atoms with Crippen molar-refractivity contribution in [1.29, 1.82) is 0 Å². The average Bonchev–Trinajstić information content (AvgIpc) is 3.50. The first kappa shape index (κ1) is 27.5. The van der Waals surface area contributed by atoms with Crippen LogP contribution in [0.3, 0.4) is 0 Å². The molecule has 4 rings (SSSR count). The molecule has 7 nitrogen and oxygen atoms in total. The third-order valence-corrected chi connectivity index (χ3v) is 7.48. The molecule has 0 spiro atoms. The minimum absolute atomic E-state index is 0.148. The van der Waals surface area contributed by atoms with Gasteiger partial charge in [0.25, 0.3) is 11.1 Å². The highest BCUT2D eigenvalue weighted by molar-refractivity contribution is 8.18. The van der Waals surface area contributed by atoms with Crippen molar-refractivity contribution in [3.8, 4) is 17.2 Å². The number of hydrogen-bond donors (Lipinski definition) is 0. The van der Waals surface area contributed by atoms with Crippen LogP contribution in [-0.4, -0.2) is 41.8 Å². The Morgan fingerprint density at radius 3 is 2.55 bits per heavy atom. The van der Waals surface area contributed by atoms with Crippen LogP contribution in [0.1, 0.15) is 53.1 Å². The van der Waals surface area contributed by atoms with E-state index < -0.39 is 5.97 Å². The van der Waals surface area contributed by atoms with E-state index in [1.165, 1.54) is 16.2 Å². The lowest BCUT2D eigenvalue weighted by Crippen LogP contribution is -2.32. The van der Waals surface area contributed by atoms with E-state index >= 15 is 0 Å². The van der Waals surface area contributed by atoms with E-state index in [2.05, 4.69) is 13.8 Å². The number of imide groups is 1. The van der Waals surface area contributed by atoms with E-state index in [-0.39, 0.29) is 36.0 Å². The number of thioether (sulfide) groups is 1. The van der Waals surface area contributed by atoms with Gasteiger partial charge in [-0.3, -0.25) is 14.5 Å². The van der Waals surface area contributed by atoms with Gasteiger partial charge in [0, 0.05) is 0 Å². The maximum Gasteiger partial charge on any atom is 0.353 e. The zero-order valence-corrected chi connectivity index (χ0v) is 23.3. The number of hydrogen-bond acceptors (Lipinski definition) is 8. The first-order valence-electron chi connectivity index (χ1n) is 12.3. The van der Waals surface area contributed by atoms with Crippen LogP contribution in [0.5, 0.6) is 17.2 Å². The molecule has 1 aliphatic rings. The summed E-state index contributed by atoms with van der Waals surface area (Å²) < 4.78 is 17.2. The van der Waals surface area contributed by atoms with Crippen molar-refractivity contribution in [3.05, 3.63) is 80.4 Å². The van der Waals surface area contributed by atoms with Crippen LogP contribution in [0.4, 0.5) is 4.79 Å². The third kappa shape index (κ3) is 6.46. The van der Waals surface area contributed by atoms with Crippen molar-refractivity contribution in [1.82, 2.24) is 4.90 Å². The molecule has 0 saturated carbocycles. The summed E-state index contributed by atoms with van der Waals surface area (Å²) >= 11 is 2.17. The third-order valence-electron chi connectivity index (χ3n) is 5.73. The summed E-state index contributed by atoms with van der Waals surface area (Å²) in [6.07, 6.45) is 1.64. The molecule has 0 N–H and O–H groups in total. The molecule has 0 unspecified atom stereocenters. The Bertz CT molecular complexity index is 1360. The Morgan fingerprint density at radius 1 is 1.03 bits per heavy atom. The molecule has 198 valence electrons. The highest BCUT2D eigenvalue weighted by Crippen LogP contribution is 2.35. The van der Waals surface area contributed by atoms with E-state index in [0.29, 0.717) is 27.7 Å². The number of thiophene rings is 1. The summed E-state index contributed by atoms with van der Waals surface area (Å²) in [5.41, 5.74) is 2.81. The fourth-order valence-electron chi connectivity index (χ4n) is 3.85. The van der Waals surface area contributed by atoms with E-state index in [4.69, 9.17) is 14.2 Å². The highest BCUT2D eigenvalue weighted by atomic mass is 32.2. The van der Waals surface area contributed by atoms with Crippen molar-refractivity contribution in [2.24, 2.45) is 0 Å². The molecule has 9 heteroatoms. The number of nitrogens with zero attached hydrogens (tertiary/aromatic N) is 1. The van der Waals surface area contributed by atoms with Crippen LogP contribution in [0.15, 0.2) is 58.8 Å². The molecule has 0 aliphatic carbocycles. The quantitative estimate of drug-likeness (QED) is 0.154. The Kier molecular flexibility index (Phi) is 8.91. The maximum absolute atomic E-state index is 13.0. The van der Waals surface area contributed by atoms with Crippen molar-refractivity contribution >= 4 is 46.3 Å². The molecule has 3 aromatic rings. The van der Waals surface area contributed by atoms with Gasteiger partial charge in [-0.15, -0.1) is 11.3 Å². The first-order chi connectivity index (χ1) is 18.3. The molecule has 0 radical (unpaired) electrons. The van der Waals surface area contributed by atoms with Crippen LogP contribution in [0.25, 0.3) is 6.08 Å². The van der Waals surface area contributed by atoms with Crippen LogP contribution in [-0.2, 0) is 4.79 Å². The van der Waals surface area contributed by atoms with Gasteiger partial charge in [-0.2, -0.15) is 0 Å². The predicted octanol–water partition coefficient (Wildman–Crippen LogP) is 6.91. The van der Waals surface area contributed by atoms with Gasteiger partial charge >= 0.3 is 5.97 Å². The Morgan fingerprint density at radius 2 is 1.84 bits per heavy atom. The summed E-state index contributed by atoms with van der Waals surface area (Å²) in [6, 6.07) is 14.5. The van der Waals surface area contributed by atoms with Crippen molar-refractivity contribution < 1.29 is 28.6 Å². The summed E-state index contributed by atoms with van der Waals surface area (Å²) in [5, 5.41) is 1.46. The van der Waals surface area contributed by atoms with Gasteiger partial charge in [-0.25, -0.2) is 4.79 Å². The summed E-state index contributed by atoms with van der Waals surface area (Å²) in [4.78, 5) is 40.0. The van der Waals surface area contributed by atoms with Crippen molar-refractivity contribution in [3.63, 3.8) is 0 Å². The van der Waals surface area contributed by atoms with Gasteiger partial charge in [0.2, 0.25) is 0 Å². The molecule has 2 amide bonds. The average molecular weight is 552 g/mol. The monoisotopic (exact) mass is 551 g/mol. The molecular weight excluding hydrogens is 522 g/mol. The van der Waals surface area contributed by atoms with Gasteiger partial charge in [-0.05, 0) is 83.9 Å².